The van der Waals surface area contributed by atoms with Gasteiger partial charge in [-0.15, -0.1) is 0 Å². The lowest BCUT2D eigenvalue weighted by atomic mass is 10.3. The molecule has 2 heterocycles. The molecule has 1 aromatic rings. The first-order chi connectivity index (χ1) is 9.02. The van der Waals surface area contributed by atoms with Crippen molar-refractivity contribution >= 4 is 34.9 Å². The van der Waals surface area contributed by atoms with Crippen molar-refractivity contribution in [2.75, 3.05) is 13.1 Å². The molecule has 1 aromatic heterocycles. The van der Waals surface area contributed by atoms with Crippen LogP contribution in [0, 0.1) is 10.1 Å². The molecular weight excluding hydrogens is 274 g/mol. The van der Waals surface area contributed by atoms with Crippen LogP contribution in [0.15, 0.2) is 21.5 Å². The fourth-order valence-electron chi connectivity index (χ4n) is 1.47. The van der Waals surface area contributed by atoms with E-state index in [0.29, 0.717) is 0 Å². The van der Waals surface area contributed by atoms with Crippen LogP contribution in [0.25, 0.3) is 6.08 Å². The Balaban J connectivity index is 2.22. The van der Waals surface area contributed by atoms with E-state index in [1.165, 1.54) is 18.2 Å². The summed E-state index contributed by atoms with van der Waals surface area (Å²) in [4.78, 5) is 34.3. The highest BCUT2D eigenvalue weighted by atomic mass is 32.2. The second kappa shape index (κ2) is 5.24. The molecule has 0 saturated carbocycles. The van der Waals surface area contributed by atoms with Gasteiger partial charge in [-0.2, -0.15) is 0 Å². The van der Waals surface area contributed by atoms with Crippen LogP contribution in [-0.2, 0) is 4.79 Å². The highest BCUT2D eigenvalue weighted by Crippen LogP contribution is 2.32. The molecule has 8 nitrogen and oxygen atoms in total. The lowest BCUT2D eigenvalue weighted by molar-refractivity contribution is -0.402. The summed E-state index contributed by atoms with van der Waals surface area (Å²) in [5.74, 6) is -0.753. The lowest BCUT2D eigenvalue weighted by Gasteiger charge is -2.09. The number of carbonyl (C=O) groups excluding carboxylic acids is 2. The number of hydrogen-bond donors (Lipinski definition) is 1. The Morgan fingerprint density at radius 2 is 2.21 bits per heavy atom. The van der Waals surface area contributed by atoms with Crippen molar-refractivity contribution in [3.63, 3.8) is 0 Å². The maximum Gasteiger partial charge on any atom is 0.433 e. The standard InChI is InChI=1S/C10H9N3O5S/c11-3-4-12-9(14)7(19-10(12)15)5-6-1-2-8(18-6)13(16)17/h1-2,5H,3-4,11H2. The smallest absolute Gasteiger partial charge is 0.401 e. The van der Waals surface area contributed by atoms with Crippen molar-refractivity contribution in [2.45, 2.75) is 0 Å². The molecule has 19 heavy (non-hydrogen) atoms. The number of furan rings is 1. The number of nitrogens with zero attached hydrogens (tertiary/aromatic N) is 2. The van der Waals surface area contributed by atoms with Gasteiger partial charge in [-0.25, -0.2) is 0 Å². The zero-order chi connectivity index (χ0) is 14.0. The number of thioether (sulfide) groups is 1. The van der Waals surface area contributed by atoms with Gasteiger partial charge in [-0.3, -0.25) is 24.6 Å². The van der Waals surface area contributed by atoms with Gasteiger partial charge in [-0.1, -0.05) is 0 Å². The maximum atomic E-state index is 11.8. The molecule has 0 atom stereocenters. The first kappa shape index (κ1) is 13.3. The minimum Gasteiger partial charge on any atom is -0.401 e. The molecule has 0 bridgehead atoms. The summed E-state index contributed by atoms with van der Waals surface area (Å²) >= 11 is 0.747. The highest BCUT2D eigenvalue weighted by Gasteiger charge is 2.34. The van der Waals surface area contributed by atoms with Crippen LogP contribution in [0.4, 0.5) is 10.7 Å². The SMILES string of the molecule is NCCN1C(=O)SC(=Cc2ccc([N+](=O)[O-])o2)C1=O. The van der Waals surface area contributed by atoms with Crippen LogP contribution in [0.5, 0.6) is 0 Å². The van der Waals surface area contributed by atoms with Crippen molar-refractivity contribution in [1.82, 2.24) is 4.90 Å². The molecule has 0 radical (unpaired) electrons. The molecule has 2 N–H and O–H groups in total. The van der Waals surface area contributed by atoms with Gasteiger partial charge < -0.3 is 10.2 Å². The first-order valence-corrected chi connectivity index (χ1v) is 6.04. The largest absolute Gasteiger partial charge is 0.433 e. The molecule has 1 aliphatic rings. The third kappa shape index (κ3) is 2.66. The summed E-state index contributed by atoms with van der Waals surface area (Å²) in [6.07, 6.45) is 1.30. The monoisotopic (exact) mass is 283 g/mol. The van der Waals surface area contributed by atoms with Crippen LogP contribution < -0.4 is 5.73 Å². The van der Waals surface area contributed by atoms with Crippen molar-refractivity contribution in [1.29, 1.82) is 0 Å². The van der Waals surface area contributed by atoms with Gasteiger partial charge in [0.25, 0.3) is 11.1 Å². The van der Waals surface area contributed by atoms with E-state index < -0.39 is 22.0 Å². The second-order valence-corrected chi connectivity index (χ2v) is 4.55. The number of imide groups is 1. The Kier molecular flexibility index (Phi) is 3.67. The van der Waals surface area contributed by atoms with E-state index in [2.05, 4.69) is 0 Å². The van der Waals surface area contributed by atoms with Gasteiger partial charge in [0.15, 0.2) is 0 Å². The van der Waals surface area contributed by atoms with Crippen molar-refractivity contribution in [2.24, 2.45) is 5.73 Å². The Hall–Kier alpha value is -2.13. The molecule has 2 rings (SSSR count). The van der Waals surface area contributed by atoms with Gasteiger partial charge in [-0.05, 0) is 17.8 Å². The van der Waals surface area contributed by atoms with Crippen LogP contribution in [0.2, 0.25) is 0 Å². The average Bonchev–Trinajstić information content (AvgIpc) is 2.91. The van der Waals surface area contributed by atoms with Crippen LogP contribution in [0.3, 0.4) is 0 Å². The highest BCUT2D eigenvalue weighted by molar-refractivity contribution is 8.18. The number of nitrogens with two attached hydrogens (primary N) is 1. The van der Waals surface area contributed by atoms with E-state index in [9.17, 15) is 19.7 Å². The summed E-state index contributed by atoms with van der Waals surface area (Å²) in [6, 6.07) is 2.53. The summed E-state index contributed by atoms with van der Waals surface area (Å²) < 4.78 is 4.89. The molecule has 1 aliphatic heterocycles. The normalized spacial score (nSPS) is 17.5. The van der Waals surface area contributed by atoms with Crippen molar-refractivity contribution in [3.05, 3.63) is 32.9 Å². The third-order valence-corrected chi connectivity index (χ3v) is 3.20. The summed E-state index contributed by atoms with van der Waals surface area (Å²) in [5.41, 5.74) is 5.30. The molecule has 0 aromatic carbocycles. The third-order valence-electron chi connectivity index (χ3n) is 2.29. The lowest BCUT2D eigenvalue weighted by Crippen LogP contribution is -2.33. The van der Waals surface area contributed by atoms with Gasteiger partial charge in [0.1, 0.15) is 10.7 Å². The Bertz CT molecular complexity index is 579. The zero-order valence-corrected chi connectivity index (χ0v) is 10.4. The van der Waals surface area contributed by atoms with E-state index in [-0.39, 0.29) is 23.8 Å². The zero-order valence-electron chi connectivity index (χ0n) is 9.57. The summed E-state index contributed by atoms with van der Waals surface area (Å²) in [6.45, 7) is 0.317. The first-order valence-electron chi connectivity index (χ1n) is 5.22. The van der Waals surface area contributed by atoms with Gasteiger partial charge in [0.2, 0.25) is 0 Å². The van der Waals surface area contributed by atoms with E-state index in [0.717, 1.165) is 16.7 Å². The Labute approximate surface area is 111 Å². The minimum absolute atomic E-state index is 0.139. The molecule has 0 aliphatic carbocycles. The molecule has 1 fully saturated rings. The van der Waals surface area contributed by atoms with E-state index in [4.69, 9.17) is 10.2 Å². The Morgan fingerprint density at radius 1 is 1.47 bits per heavy atom. The Morgan fingerprint density at radius 3 is 2.79 bits per heavy atom. The topological polar surface area (TPSA) is 120 Å². The van der Waals surface area contributed by atoms with Crippen molar-refractivity contribution in [3.8, 4) is 0 Å². The second-order valence-electron chi connectivity index (χ2n) is 3.56. The molecule has 2 amide bonds. The predicted octanol–water partition coefficient (Wildman–Crippen LogP) is 1.18. The molecule has 0 unspecified atom stereocenters. The molecular formula is C10H9N3O5S. The van der Waals surface area contributed by atoms with Crippen LogP contribution in [-0.4, -0.2) is 34.1 Å². The molecule has 1 saturated heterocycles. The number of carbonyl (C=O) groups is 2. The average molecular weight is 283 g/mol. The van der Waals surface area contributed by atoms with Gasteiger partial charge in [0, 0.05) is 19.2 Å². The maximum absolute atomic E-state index is 11.8. The number of amides is 2. The van der Waals surface area contributed by atoms with E-state index >= 15 is 0 Å². The summed E-state index contributed by atoms with van der Waals surface area (Å²) in [7, 11) is 0. The molecule has 9 heteroatoms. The van der Waals surface area contributed by atoms with Crippen molar-refractivity contribution < 1.29 is 18.9 Å². The van der Waals surface area contributed by atoms with Gasteiger partial charge in [0.05, 0.1) is 11.0 Å². The van der Waals surface area contributed by atoms with E-state index in [1.54, 1.807) is 0 Å². The molecule has 0 spiro atoms. The quantitative estimate of drug-likeness (QED) is 0.500. The van der Waals surface area contributed by atoms with Crippen LogP contribution >= 0.6 is 11.8 Å². The van der Waals surface area contributed by atoms with Crippen LogP contribution in [0.1, 0.15) is 5.76 Å². The fourth-order valence-corrected chi connectivity index (χ4v) is 2.31. The summed E-state index contributed by atoms with van der Waals surface area (Å²) in [5, 5.41) is 10.0. The number of nitro groups is 1. The minimum atomic E-state index is -0.683. The van der Waals surface area contributed by atoms with Gasteiger partial charge >= 0.3 is 5.88 Å². The predicted molar refractivity (Wildman–Crippen MR) is 67.1 cm³/mol. The molecule has 100 valence electrons. The number of rotatable bonds is 4. The fraction of sp³-hybridized carbons (Fsp3) is 0.200. The van der Waals surface area contributed by atoms with E-state index in [1.807, 2.05) is 0 Å². The number of hydrogen-bond acceptors (Lipinski definition) is 7.